The summed E-state index contributed by atoms with van der Waals surface area (Å²) in [6.45, 7) is 3.28. The molecule has 2 rings (SSSR count). The molecular weight excluding hydrogens is 182 g/mol. The largest absolute Gasteiger partial charge is 0.314 e. The van der Waals surface area contributed by atoms with Crippen molar-refractivity contribution in [3.63, 3.8) is 0 Å². The number of hydrogen-bond acceptors (Lipinski definition) is 1. The maximum absolute atomic E-state index is 6.12. The van der Waals surface area contributed by atoms with Crippen molar-refractivity contribution in [2.75, 3.05) is 6.54 Å². The van der Waals surface area contributed by atoms with Gasteiger partial charge in [-0.05, 0) is 30.9 Å². The molecule has 0 unspecified atom stereocenters. The minimum atomic E-state index is 0.601. The monoisotopic (exact) mass is 195 g/mol. The Morgan fingerprint density at radius 2 is 2.15 bits per heavy atom. The van der Waals surface area contributed by atoms with Gasteiger partial charge in [-0.25, -0.2) is 0 Å². The first-order chi connectivity index (χ1) is 6.27. The molecule has 0 radical (unpaired) electrons. The normalized spacial score (nSPS) is 27.8. The summed E-state index contributed by atoms with van der Waals surface area (Å²) in [6, 6.07) is 8.77. The van der Waals surface area contributed by atoms with Crippen molar-refractivity contribution < 1.29 is 0 Å². The number of nitrogens with one attached hydrogen (secondary N) is 1. The Morgan fingerprint density at radius 3 is 2.77 bits per heavy atom. The van der Waals surface area contributed by atoms with Crippen LogP contribution in [0.4, 0.5) is 0 Å². The van der Waals surface area contributed by atoms with Gasteiger partial charge < -0.3 is 5.32 Å². The summed E-state index contributed by atoms with van der Waals surface area (Å²) in [4.78, 5) is 0. The van der Waals surface area contributed by atoms with Gasteiger partial charge in [-0.2, -0.15) is 0 Å². The van der Waals surface area contributed by atoms with Crippen molar-refractivity contribution in [2.45, 2.75) is 25.3 Å². The Labute approximate surface area is 84.1 Å². The number of hydrogen-bond donors (Lipinski definition) is 1. The van der Waals surface area contributed by atoms with Gasteiger partial charge in [0.25, 0.3) is 0 Å². The zero-order valence-electron chi connectivity index (χ0n) is 7.76. The Hall–Kier alpha value is -0.530. The molecule has 1 fully saturated rings. The van der Waals surface area contributed by atoms with Gasteiger partial charge in [0.05, 0.1) is 0 Å². The third-order valence-electron chi connectivity index (χ3n) is 2.70. The molecule has 1 heterocycles. The maximum Gasteiger partial charge on any atom is 0.0441 e. The molecule has 2 atom stereocenters. The predicted octanol–water partition coefficient (Wildman–Crippen LogP) is 2.81. The summed E-state index contributed by atoms with van der Waals surface area (Å²) in [7, 11) is 0. The third kappa shape index (κ3) is 1.87. The van der Waals surface area contributed by atoms with E-state index in [0.29, 0.717) is 12.0 Å². The van der Waals surface area contributed by atoms with Crippen LogP contribution in [0.1, 0.15) is 24.8 Å². The van der Waals surface area contributed by atoms with Gasteiger partial charge in [-0.1, -0.05) is 29.8 Å². The number of rotatable bonds is 1. The van der Waals surface area contributed by atoms with Gasteiger partial charge in [-0.15, -0.1) is 0 Å². The van der Waals surface area contributed by atoms with Gasteiger partial charge >= 0.3 is 0 Å². The molecule has 1 aromatic carbocycles. The fourth-order valence-corrected chi connectivity index (χ4v) is 2.27. The van der Waals surface area contributed by atoms with Crippen molar-refractivity contribution in [1.82, 2.24) is 5.32 Å². The first-order valence-electron chi connectivity index (χ1n) is 4.75. The smallest absolute Gasteiger partial charge is 0.0441 e. The molecule has 0 aromatic heterocycles. The van der Waals surface area contributed by atoms with Crippen LogP contribution >= 0.6 is 11.6 Å². The lowest BCUT2D eigenvalue weighted by molar-refractivity contribution is 0.658. The van der Waals surface area contributed by atoms with Crippen molar-refractivity contribution in [3.8, 4) is 0 Å². The highest BCUT2D eigenvalue weighted by Gasteiger charge is 2.23. The Kier molecular flexibility index (Phi) is 2.56. The van der Waals surface area contributed by atoms with E-state index >= 15 is 0 Å². The lowest BCUT2D eigenvalue weighted by atomic mass is 9.97. The predicted molar refractivity (Wildman–Crippen MR) is 56.3 cm³/mol. The van der Waals surface area contributed by atoms with Crippen molar-refractivity contribution in [3.05, 3.63) is 34.9 Å². The van der Waals surface area contributed by atoms with Crippen LogP contribution in [0.2, 0.25) is 5.02 Å². The van der Waals surface area contributed by atoms with Crippen LogP contribution < -0.4 is 5.32 Å². The molecular formula is C11H14ClN. The fourth-order valence-electron chi connectivity index (χ4n) is 1.98. The van der Waals surface area contributed by atoms with Crippen LogP contribution in [0.5, 0.6) is 0 Å². The Balaban J connectivity index is 2.21. The van der Waals surface area contributed by atoms with E-state index in [9.17, 15) is 0 Å². The second kappa shape index (κ2) is 3.69. The molecule has 0 amide bonds. The first-order valence-corrected chi connectivity index (χ1v) is 5.13. The number of benzene rings is 1. The highest BCUT2D eigenvalue weighted by atomic mass is 35.5. The summed E-state index contributed by atoms with van der Waals surface area (Å²) in [5, 5.41) is 4.34. The quantitative estimate of drug-likeness (QED) is 0.727. The SMILES string of the molecule is C[C@H]1C[C@H](c2ccccc2Cl)CN1. The summed E-state index contributed by atoms with van der Waals surface area (Å²) >= 11 is 6.12. The van der Waals surface area contributed by atoms with E-state index in [1.807, 2.05) is 12.1 Å². The summed E-state index contributed by atoms with van der Waals surface area (Å²) in [5.41, 5.74) is 1.29. The van der Waals surface area contributed by atoms with Crippen LogP contribution in [-0.4, -0.2) is 12.6 Å². The molecule has 1 aliphatic heterocycles. The van der Waals surface area contributed by atoms with E-state index in [4.69, 9.17) is 11.6 Å². The Bertz CT molecular complexity index is 298. The average Bonchev–Trinajstić information content (AvgIpc) is 2.53. The molecule has 70 valence electrons. The molecule has 1 saturated heterocycles. The van der Waals surface area contributed by atoms with Crippen LogP contribution in [0.15, 0.2) is 24.3 Å². The number of halogens is 1. The van der Waals surface area contributed by atoms with Crippen LogP contribution in [0, 0.1) is 0 Å². The molecule has 1 aliphatic rings. The van der Waals surface area contributed by atoms with Gasteiger partial charge in [0.1, 0.15) is 0 Å². The molecule has 2 heteroatoms. The topological polar surface area (TPSA) is 12.0 Å². The minimum absolute atomic E-state index is 0.601. The van der Waals surface area contributed by atoms with Gasteiger partial charge in [0.2, 0.25) is 0 Å². The van der Waals surface area contributed by atoms with E-state index < -0.39 is 0 Å². The average molecular weight is 196 g/mol. The highest BCUT2D eigenvalue weighted by Crippen LogP contribution is 2.30. The fraction of sp³-hybridized carbons (Fsp3) is 0.455. The minimum Gasteiger partial charge on any atom is -0.314 e. The summed E-state index contributed by atoms with van der Waals surface area (Å²) in [5.74, 6) is 0.601. The zero-order valence-corrected chi connectivity index (χ0v) is 8.51. The Morgan fingerprint density at radius 1 is 1.38 bits per heavy atom. The third-order valence-corrected chi connectivity index (χ3v) is 3.04. The van der Waals surface area contributed by atoms with Gasteiger partial charge in [0, 0.05) is 17.6 Å². The molecule has 0 bridgehead atoms. The van der Waals surface area contributed by atoms with Crippen molar-refractivity contribution in [2.24, 2.45) is 0 Å². The molecule has 0 saturated carbocycles. The first kappa shape index (κ1) is 9.04. The van der Waals surface area contributed by atoms with Crippen LogP contribution in [0.25, 0.3) is 0 Å². The van der Waals surface area contributed by atoms with Gasteiger partial charge in [-0.3, -0.25) is 0 Å². The standard InChI is InChI=1S/C11H14ClN/c1-8-6-9(7-13-8)10-4-2-3-5-11(10)12/h2-5,8-9,13H,6-7H2,1H3/t8-,9-/m0/s1. The summed E-state index contributed by atoms with van der Waals surface area (Å²) in [6.07, 6.45) is 1.20. The van der Waals surface area contributed by atoms with Crippen LogP contribution in [-0.2, 0) is 0 Å². The molecule has 1 nitrogen and oxygen atoms in total. The van der Waals surface area contributed by atoms with Crippen molar-refractivity contribution in [1.29, 1.82) is 0 Å². The molecule has 13 heavy (non-hydrogen) atoms. The molecule has 1 aromatic rings. The lowest BCUT2D eigenvalue weighted by Crippen LogP contribution is -2.16. The second-order valence-electron chi connectivity index (χ2n) is 3.76. The van der Waals surface area contributed by atoms with E-state index in [1.54, 1.807) is 0 Å². The zero-order chi connectivity index (χ0) is 9.26. The van der Waals surface area contributed by atoms with E-state index in [-0.39, 0.29) is 0 Å². The van der Waals surface area contributed by atoms with Gasteiger partial charge in [0.15, 0.2) is 0 Å². The second-order valence-corrected chi connectivity index (χ2v) is 4.17. The van der Waals surface area contributed by atoms with Crippen LogP contribution in [0.3, 0.4) is 0 Å². The molecule has 0 spiro atoms. The summed E-state index contributed by atoms with van der Waals surface area (Å²) < 4.78 is 0. The molecule has 0 aliphatic carbocycles. The highest BCUT2D eigenvalue weighted by molar-refractivity contribution is 6.31. The van der Waals surface area contributed by atoms with Crippen molar-refractivity contribution >= 4 is 11.6 Å². The van der Waals surface area contributed by atoms with E-state index in [2.05, 4.69) is 24.4 Å². The maximum atomic E-state index is 6.12. The lowest BCUT2D eigenvalue weighted by Gasteiger charge is -2.10. The molecule has 1 N–H and O–H groups in total. The van der Waals surface area contributed by atoms with E-state index in [1.165, 1.54) is 12.0 Å². The van der Waals surface area contributed by atoms with E-state index in [0.717, 1.165) is 11.6 Å².